The van der Waals surface area contributed by atoms with E-state index in [0.29, 0.717) is 25.3 Å². The lowest BCUT2D eigenvalue weighted by atomic mass is 10.1. The van der Waals surface area contributed by atoms with E-state index in [0.717, 1.165) is 5.56 Å². The van der Waals surface area contributed by atoms with Crippen molar-refractivity contribution in [1.29, 1.82) is 0 Å². The van der Waals surface area contributed by atoms with E-state index in [1.54, 1.807) is 0 Å². The lowest BCUT2D eigenvalue weighted by Crippen LogP contribution is -2.50. The summed E-state index contributed by atoms with van der Waals surface area (Å²) in [4.78, 5) is 14.4. The highest BCUT2D eigenvalue weighted by Crippen LogP contribution is 2.16. The molecule has 2 rings (SSSR count). The molecule has 1 aliphatic rings. The first-order valence-electron chi connectivity index (χ1n) is 6.83. The number of ether oxygens (including phenoxy) is 1. The molecular weight excluding hydrogens is 252 g/mol. The van der Waals surface area contributed by atoms with Crippen LogP contribution in [0.15, 0.2) is 24.3 Å². The first-order chi connectivity index (χ1) is 9.61. The third kappa shape index (κ3) is 3.38. The molecular formula is C16H20N2O2. The van der Waals surface area contributed by atoms with Gasteiger partial charge < -0.3 is 15.4 Å². The largest absolute Gasteiger partial charge is 0.375 e. The molecule has 4 nitrogen and oxygen atoms in total. The molecule has 0 spiro atoms. The number of amides is 1. The van der Waals surface area contributed by atoms with Crippen LogP contribution in [0.25, 0.3) is 0 Å². The summed E-state index contributed by atoms with van der Waals surface area (Å²) in [5.74, 6) is 5.78. The van der Waals surface area contributed by atoms with Gasteiger partial charge in [-0.05, 0) is 32.0 Å². The second-order valence-electron chi connectivity index (χ2n) is 5.04. The summed E-state index contributed by atoms with van der Waals surface area (Å²) in [6.45, 7) is 5.51. The summed E-state index contributed by atoms with van der Waals surface area (Å²) in [5.41, 5.74) is 6.84. The third-order valence-corrected chi connectivity index (χ3v) is 3.31. The molecule has 1 aliphatic heterocycles. The Morgan fingerprint density at radius 3 is 3.05 bits per heavy atom. The number of carbonyl (C=O) groups is 1. The highest BCUT2D eigenvalue weighted by Gasteiger charge is 2.28. The van der Waals surface area contributed by atoms with Crippen LogP contribution in [0.4, 0.5) is 0 Å². The number of carbonyl (C=O) groups excluding carboxylic acids is 1. The molecule has 1 heterocycles. The van der Waals surface area contributed by atoms with Crippen LogP contribution < -0.4 is 5.73 Å². The monoisotopic (exact) mass is 272 g/mol. The summed E-state index contributed by atoms with van der Waals surface area (Å²) in [6, 6.07) is 7.46. The average molecular weight is 272 g/mol. The molecule has 106 valence electrons. The third-order valence-electron chi connectivity index (χ3n) is 3.31. The van der Waals surface area contributed by atoms with E-state index in [2.05, 4.69) is 11.8 Å². The van der Waals surface area contributed by atoms with Crippen LogP contribution >= 0.6 is 0 Å². The Balaban J connectivity index is 2.20. The van der Waals surface area contributed by atoms with Gasteiger partial charge in [0.05, 0.1) is 25.3 Å². The second kappa shape index (κ2) is 6.56. The standard InChI is InChI=1S/C16H20N2O2/c1-12-11-20-13(2)10-18(12)16(19)15-7-3-5-14(9-15)6-4-8-17/h3,5,7,9,12-13H,8,10-11,17H2,1-2H3. The Morgan fingerprint density at radius 1 is 1.50 bits per heavy atom. The van der Waals surface area contributed by atoms with Gasteiger partial charge in [0, 0.05) is 17.7 Å². The molecule has 1 saturated heterocycles. The van der Waals surface area contributed by atoms with Crippen LogP contribution in [0.3, 0.4) is 0 Å². The van der Waals surface area contributed by atoms with Crippen molar-refractivity contribution in [1.82, 2.24) is 4.90 Å². The Hall–Kier alpha value is -1.83. The number of nitrogens with zero attached hydrogens (tertiary/aromatic N) is 1. The lowest BCUT2D eigenvalue weighted by molar-refractivity contribution is -0.0387. The maximum atomic E-state index is 12.6. The molecule has 1 aromatic carbocycles. The normalized spacial score (nSPS) is 22.1. The quantitative estimate of drug-likeness (QED) is 0.783. The number of benzene rings is 1. The molecule has 20 heavy (non-hydrogen) atoms. The zero-order chi connectivity index (χ0) is 14.5. The van der Waals surface area contributed by atoms with E-state index in [9.17, 15) is 4.79 Å². The molecule has 1 fully saturated rings. The number of rotatable bonds is 1. The van der Waals surface area contributed by atoms with Gasteiger partial charge in [-0.2, -0.15) is 0 Å². The summed E-state index contributed by atoms with van der Waals surface area (Å²) >= 11 is 0. The molecule has 0 radical (unpaired) electrons. The van der Waals surface area contributed by atoms with Gasteiger partial charge in [-0.15, -0.1) is 0 Å². The van der Waals surface area contributed by atoms with E-state index in [4.69, 9.17) is 10.5 Å². The van der Waals surface area contributed by atoms with Crippen molar-refractivity contribution in [3.63, 3.8) is 0 Å². The van der Waals surface area contributed by atoms with Gasteiger partial charge in [0.1, 0.15) is 0 Å². The molecule has 0 aliphatic carbocycles. The van der Waals surface area contributed by atoms with Crippen molar-refractivity contribution < 1.29 is 9.53 Å². The van der Waals surface area contributed by atoms with Crippen molar-refractivity contribution in [3.8, 4) is 11.8 Å². The summed E-state index contributed by atoms with van der Waals surface area (Å²) in [6.07, 6.45) is 0.0790. The van der Waals surface area contributed by atoms with Crippen molar-refractivity contribution >= 4 is 5.91 Å². The number of morpholine rings is 1. The highest BCUT2D eigenvalue weighted by molar-refractivity contribution is 5.94. The minimum Gasteiger partial charge on any atom is -0.375 e. The van der Waals surface area contributed by atoms with Crippen LogP contribution in [0.2, 0.25) is 0 Å². The summed E-state index contributed by atoms with van der Waals surface area (Å²) < 4.78 is 5.55. The molecule has 2 atom stereocenters. The van der Waals surface area contributed by atoms with Crippen LogP contribution in [0, 0.1) is 11.8 Å². The topological polar surface area (TPSA) is 55.6 Å². The first kappa shape index (κ1) is 14.6. The summed E-state index contributed by atoms with van der Waals surface area (Å²) in [7, 11) is 0. The van der Waals surface area contributed by atoms with Crippen LogP contribution in [-0.4, -0.2) is 42.6 Å². The van der Waals surface area contributed by atoms with Gasteiger partial charge in [-0.3, -0.25) is 4.79 Å². The van der Waals surface area contributed by atoms with Gasteiger partial charge in [0.2, 0.25) is 0 Å². The number of hydrogen-bond acceptors (Lipinski definition) is 3. The van der Waals surface area contributed by atoms with Gasteiger partial charge in [-0.1, -0.05) is 17.9 Å². The fourth-order valence-corrected chi connectivity index (χ4v) is 2.24. The Labute approximate surface area is 119 Å². The van der Waals surface area contributed by atoms with Crippen molar-refractivity contribution in [2.24, 2.45) is 5.73 Å². The lowest BCUT2D eigenvalue weighted by Gasteiger charge is -2.36. The zero-order valence-electron chi connectivity index (χ0n) is 11.9. The average Bonchev–Trinajstić information content (AvgIpc) is 2.47. The predicted molar refractivity (Wildman–Crippen MR) is 78.3 cm³/mol. The Bertz CT molecular complexity index is 545. The maximum absolute atomic E-state index is 12.6. The Kier molecular flexibility index (Phi) is 4.78. The predicted octanol–water partition coefficient (Wildman–Crippen LogP) is 1.25. The molecule has 2 N–H and O–H groups in total. The smallest absolute Gasteiger partial charge is 0.254 e. The molecule has 0 bridgehead atoms. The molecule has 2 unspecified atom stereocenters. The minimum absolute atomic E-state index is 0.0315. The Morgan fingerprint density at radius 2 is 2.30 bits per heavy atom. The molecule has 0 saturated carbocycles. The SMILES string of the molecule is CC1CN(C(=O)c2cccc(C#CCN)c2)C(C)CO1. The van der Waals surface area contributed by atoms with Gasteiger partial charge in [0.25, 0.3) is 5.91 Å². The van der Waals surface area contributed by atoms with Crippen LogP contribution in [0.1, 0.15) is 29.8 Å². The fourth-order valence-electron chi connectivity index (χ4n) is 2.24. The van der Waals surface area contributed by atoms with E-state index in [1.807, 2.05) is 43.0 Å². The van der Waals surface area contributed by atoms with E-state index >= 15 is 0 Å². The number of hydrogen-bond donors (Lipinski definition) is 1. The summed E-state index contributed by atoms with van der Waals surface area (Å²) in [5, 5.41) is 0. The van der Waals surface area contributed by atoms with Crippen molar-refractivity contribution in [3.05, 3.63) is 35.4 Å². The van der Waals surface area contributed by atoms with E-state index in [1.165, 1.54) is 0 Å². The zero-order valence-corrected chi connectivity index (χ0v) is 11.9. The van der Waals surface area contributed by atoms with Crippen LogP contribution in [0.5, 0.6) is 0 Å². The van der Waals surface area contributed by atoms with Crippen molar-refractivity contribution in [2.45, 2.75) is 26.0 Å². The van der Waals surface area contributed by atoms with E-state index < -0.39 is 0 Å². The molecule has 1 aromatic rings. The first-order valence-corrected chi connectivity index (χ1v) is 6.83. The molecule has 0 aromatic heterocycles. The number of nitrogens with two attached hydrogens (primary N) is 1. The van der Waals surface area contributed by atoms with E-state index in [-0.39, 0.29) is 18.1 Å². The van der Waals surface area contributed by atoms with Gasteiger partial charge >= 0.3 is 0 Å². The fraction of sp³-hybridized carbons (Fsp3) is 0.438. The molecule has 1 amide bonds. The van der Waals surface area contributed by atoms with Crippen molar-refractivity contribution in [2.75, 3.05) is 19.7 Å². The molecule has 4 heteroatoms. The van der Waals surface area contributed by atoms with Gasteiger partial charge in [-0.25, -0.2) is 0 Å². The minimum atomic E-state index is 0.0315. The maximum Gasteiger partial charge on any atom is 0.254 e. The van der Waals surface area contributed by atoms with Gasteiger partial charge in [0.15, 0.2) is 0 Å². The second-order valence-corrected chi connectivity index (χ2v) is 5.04. The van der Waals surface area contributed by atoms with Crippen LogP contribution in [-0.2, 0) is 4.74 Å². The highest BCUT2D eigenvalue weighted by atomic mass is 16.5.